The van der Waals surface area contributed by atoms with Crippen LogP contribution >= 0.6 is 0 Å². The number of nitrogens with one attached hydrogen (secondary N) is 1. The van der Waals surface area contributed by atoms with Crippen molar-refractivity contribution >= 4 is 5.91 Å². The fourth-order valence-electron chi connectivity index (χ4n) is 3.41. The molecule has 0 aromatic heterocycles. The lowest BCUT2D eigenvalue weighted by molar-refractivity contribution is -0.132. The zero-order chi connectivity index (χ0) is 17.5. The van der Waals surface area contributed by atoms with Crippen molar-refractivity contribution in [2.24, 2.45) is 5.92 Å². The van der Waals surface area contributed by atoms with Gasteiger partial charge in [-0.1, -0.05) is 6.07 Å². The van der Waals surface area contributed by atoms with Crippen molar-refractivity contribution < 1.29 is 19.0 Å². The molecule has 0 unspecified atom stereocenters. The molecular formula is C19H28N2O4. The second-order valence-corrected chi connectivity index (χ2v) is 6.73. The van der Waals surface area contributed by atoms with Crippen molar-refractivity contribution in [1.82, 2.24) is 10.2 Å². The Morgan fingerprint density at radius 2 is 2.08 bits per heavy atom. The van der Waals surface area contributed by atoms with Gasteiger partial charge in [0.1, 0.15) is 0 Å². The minimum absolute atomic E-state index is 0.202. The van der Waals surface area contributed by atoms with E-state index >= 15 is 0 Å². The standard InChI is InChI=1S/C19H28N2O4/c1-23-11-10-21(19(22)5-3-15-6-8-20-9-7-15)13-16-2-4-17-18(12-16)25-14-24-17/h2,4,12,15,20H,3,5-11,13-14H2,1H3. The van der Waals surface area contributed by atoms with Crippen LogP contribution in [0.5, 0.6) is 11.5 Å². The fourth-order valence-corrected chi connectivity index (χ4v) is 3.41. The van der Waals surface area contributed by atoms with Gasteiger partial charge in [-0.15, -0.1) is 0 Å². The van der Waals surface area contributed by atoms with E-state index < -0.39 is 0 Å². The summed E-state index contributed by atoms with van der Waals surface area (Å²) in [6.45, 7) is 4.14. The molecule has 2 aliphatic rings. The number of hydrogen-bond acceptors (Lipinski definition) is 5. The Morgan fingerprint density at radius 1 is 1.28 bits per heavy atom. The Labute approximate surface area is 149 Å². The fraction of sp³-hybridized carbons (Fsp3) is 0.632. The summed E-state index contributed by atoms with van der Waals surface area (Å²) in [6.07, 6.45) is 3.94. The van der Waals surface area contributed by atoms with Crippen LogP contribution in [0.4, 0.5) is 0 Å². The number of rotatable bonds is 8. The normalized spacial score (nSPS) is 16.8. The van der Waals surface area contributed by atoms with Gasteiger partial charge in [0.05, 0.1) is 6.61 Å². The summed E-state index contributed by atoms with van der Waals surface area (Å²) >= 11 is 0. The van der Waals surface area contributed by atoms with Gasteiger partial charge in [-0.2, -0.15) is 0 Å². The molecule has 0 atom stereocenters. The first-order valence-corrected chi connectivity index (χ1v) is 9.12. The third kappa shape index (κ3) is 5.09. The van der Waals surface area contributed by atoms with E-state index in [2.05, 4.69) is 5.32 Å². The second kappa shape index (κ2) is 9.06. The molecular weight excluding hydrogens is 320 g/mol. The third-order valence-corrected chi connectivity index (χ3v) is 4.95. The number of fused-ring (bicyclic) bond motifs is 1. The molecule has 25 heavy (non-hydrogen) atoms. The lowest BCUT2D eigenvalue weighted by Gasteiger charge is -2.26. The second-order valence-electron chi connectivity index (χ2n) is 6.73. The molecule has 1 aromatic carbocycles. The number of methoxy groups -OCH3 is 1. The molecule has 2 heterocycles. The van der Waals surface area contributed by atoms with Crippen LogP contribution in [0.15, 0.2) is 18.2 Å². The Balaban J connectivity index is 1.57. The summed E-state index contributed by atoms with van der Waals surface area (Å²) in [6, 6.07) is 5.86. The highest BCUT2D eigenvalue weighted by molar-refractivity contribution is 5.76. The number of carbonyl (C=O) groups is 1. The Morgan fingerprint density at radius 3 is 2.88 bits per heavy atom. The Hall–Kier alpha value is -1.79. The van der Waals surface area contributed by atoms with Crippen molar-refractivity contribution in [2.75, 3.05) is 40.1 Å². The topological polar surface area (TPSA) is 60.0 Å². The summed E-state index contributed by atoms with van der Waals surface area (Å²) < 4.78 is 16.0. The van der Waals surface area contributed by atoms with Crippen LogP contribution in [0.3, 0.4) is 0 Å². The number of carbonyl (C=O) groups excluding carboxylic acids is 1. The van der Waals surface area contributed by atoms with Gasteiger partial charge < -0.3 is 24.4 Å². The highest BCUT2D eigenvalue weighted by atomic mass is 16.7. The molecule has 6 heteroatoms. The van der Waals surface area contributed by atoms with Crippen molar-refractivity contribution in [3.05, 3.63) is 23.8 Å². The van der Waals surface area contributed by atoms with Gasteiger partial charge in [0, 0.05) is 26.6 Å². The van der Waals surface area contributed by atoms with Crippen LogP contribution in [0.2, 0.25) is 0 Å². The molecule has 0 spiro atoms. The first-order chi connectivity index (χ1) is 12.3. The molecule has 2 aliphatic heterocycles. The van der Waals surface area contributed by atoms with Crippen molar-refractivity contribution in [3.63, 3.8) is 0 Å². The lowest BCUT2D eigenvalue weighted by atomic mass is 9.93. The molecule has 1 fully saturated rings. The van der Waals surface area contributed by atoms with E-state index in [-0.39, 0.29) is 12.7 Å². The summed E-state index contributed by atoms with van der Waals surface area (Å²) in [5.41, 5.74) is 1.05. The molecule has 1 saturated heterocycles. The van der Waals surface area contributed by atoms with Gasteiger partial charge in [-0.05, 0) is 56.0 Å². The first kappa shape index (κ1) is 18.0. The van der Waals surface area contributed by atoms with Gasteiger partial charge >= 0.3 is 0 Å². The number of ether oxygens (including phenoxy) is 3. The summed E-state index contributed by atoms with van der Waals surface area (Å²) in [5, 5.41) is 3.37. The van der Waals surface area contributed by atoms with Crippen LogP contribution in [-0.2, 0) is 16.1 Å². The molecule has 6 nitrogen and oxygen atoms in total. The largest absolute Gasteiger partial charge is 0.454 e. The monoisotopic (exact) mass is 348 g/mol. The van der Waals surface area contributed by atoms with Gasteiger partial charge in [-0.3, -0.25) is 4.79 Å². The van der Waals surface area contributed by atoms with E-state index in [0.717, 1.165) is 36.6 Å². The van der Waals surface area contributed by atoms with Gasteiger partial charge in [0.25, 0.3) is 0 Å². The lowest BCUT2D eigenvalue weighted by Crippen LogP contribution is -2.34. The Kier molecular flexibility index (Phi) is 6.53. The third-order valence-electron chi connectivity index (χ3n) is 4.95. The number of hydrogen-bond donors (Lipinski definition) is 1. The van der Waals surface area contributed by atoms with E-state index in [1.165, 1.54) is 12.8 Å². The summed E-state index contributed by atoms with van der Waals surface area (Å²) in [4.78, 5) is 14.6. The maximum atomic E-state index is 12.7. The predicted octanol–water partition coefficient (Wildman–Crippen LogP) is 2.17. The van der Waals surface area contributed by atoms with E-state index in [9.17, 15) is 4.79 Å². The van der Waals surface area contributed by atoms with Crippen LogP contribution < -0.4 is 14.8 Å². The summed E-state index contributed by atoms with van der Waals surface area (Å²) in [5.74, 6) is 2.39. The van der Waals surface area contributed by atoms with Crippen LogP contribution in [-0.4, -0.2) is 51.0 Å². The molecule has 0 aliphatic carbocycles. The molecule has 1 N–H and O–H groups in total. The first-order valence-electron chi connectivity index (χ1n) is 9.12. The SMILES string of the molecule is COCCN(Cc1ccc2c(c1)OCO2)C(=O)CCC1CCNCC1. The van der Waals surface area contributed by atoms with E-state index in [1.807, 2.05) is 23.1 Å². The smallest absolute Gasteiger partial charge is 0.231 e. The highest BCUT2D eigenvalue weighted by Crippen LogP contribution is 2.32. The zero-order valence-corrected chi connectivity index (χ0v) is 15.0. The van der Waals surface area contributed by atoms with Crippen molar-refractivity contribution in [3.8, 4) is 11.5 Å². The van der Waals surface area contributed by atoms with Gasteiger partial charge in [0.15, 0.2) is 11.5 Å². The van der Waals surface area contributed by atoms with Crippen LogP contribution in [0.25, 0.3) is 0 Å². The van der Waals surface area contributed by atoms with Crippen LogP contribution in [0.1, 0.15) is 31.2 Å². The molecule has 3 rings (SSSR count). The summed E-state index contributed by atoms with van der Waals surface area (Å²) in [7, 11) is 1.66. The number of piperidine rings is 1. The maximum Gasteiger partial charge on any atom is 0.231 e. The van der Waals surface area contributed by atoms with Gasteiger partial charge in [0.2, 0.25) is 12.7 Å². The van der Waals surface area contributed by atoms with E-state index in [0.29, 0.717) is 32.0 Å². The minimum atomic E-state index is 0.202. The van der Waals surface area contributed by atoms with Crippen molar-refractivity contribution in [1.29, 1.82) is 0 Å². The maximum absolute atomic E-state index is 12.7. The minimum Gasteiger partial charge on any atom is -0.454 e. The Bertz CT molecular complexity index is 573. The molecule has 138 valence electrons. The van der Waals surface area contributed by atoms with E-state index in [1.54, 1.807) is 7.11 Å². The molecule has 0 radical (unpaired) electrons. The van der Waals surface area contributed by atoms with Crippen LogP contribution in [0, 0.1) is 5.92 Å². The molecule has 0 saturated carbocycles. The number of amides is 1. The van der Waals surface area contributed by atoms with Gasteiger partial charge in [-0.25, -0.2) is 0 Å². The number of benzene rings is 1. The molecule has 0 bridgehead atoms. The molecule has 1 amide bonds. The predicted molar refractivity (Wildman–Crippen MR) is 94.7 cm³/mol. The highest BCUT2D eigenvalue weighted by Gasteiger charge is 2.20. The average molecular weight is 348 g/mol. The quantitative estimate of drug-likeness (QED) is 0.780. The molecule has 1 aromatic rings. The van der Waals surface area contributed by atoms with Crippen molar-refractivity contribution in [2.45, 2.75) is 32.2 Å². The van der Waals surface area contributed by atoms with E-state index in [4.69, 9.17) is 14.2 Å². The average Bonchev–Trinajstić information content (AvgIpc) is 3.11. The number of nitrogens with zero attached hydrogens (tertiary/aromatic N) is 1. The zero-order valence-electron chi connectivity index (χ0n) is 15.0.